The van der Waals surface area contributed by atoms with Gasteiger partial charge in [0, 0.05) is 11.8 Å². The smallest absolute Gasteiger partial charge is 0.243 e. The molecule has 0 aliphatic carbocycles. The Morgan fingerprint density at radius 1 is 1.19 bits per heavy atom. The van der Waals surface area contributed by atoms with E-state index < -0.39 is 0 Å². The van der Waals surface area contributed by atoms with E-state index in [4.69, 9.17) is 10.5 Å². The number of fused-ring (bicyclic) bond motifs is 1. The van der Waals surface area contributed by atoms with Crippen LogP contribution in [-0.4, -0.2) is 25.6 Å². The number of para-hydroxylation sites is 2. The molecule has 0 saturated carbocycles. The van der Waals surface area contributed by atoms with Gasteiger partial charge in [-0.05, 0) is 24.3 Å². The Balaban J connectivity index is 1.64. The van der Waals surface area contributed by atoms with E-state index in [1.807, 2.05) is 47.4 Å². The van der Waals surface area contributed by atoms with Crippen molar-refractivity contribution in [3.05, 3.63) is 48.5 Å². The lowest BCUT2D eigenvalue weighted by molar-refractivity contribution is -0.115. The van der Waals surface area contributed by atoms with E-state index in [1.54, 1.807) is 6.07 Å². The van der Waals surface area contributed by atoms with Crippen molar-refractivity contribution in [3.63, 3.8) is 0 Å². The predicted molar refractivity (Wildman–Crippen MR) is 83.6 cm³/mol. The fourth-order valence-electron chi connectivity index (χ4n) is 2.38. The molecule has 1 aliphatic rings. The number of nitrogens with one attached hydrogen (secondary N) is 1. The molecule has 0 aromatic heterocycles. The van der Waals surface area contributed by atoms with Gasteiger partial charge >= 0.3 is 0 Å². The molecule has 0 atom stereocenters. The highest BCUT2D eigenvalue weighted by Gasteiger charge is 2.20. The van der Waals surface area contributed by atoms with Crippen LogP contribution in [0.15, 0.2) is 48.5 Å². The molecule has 5 nitrogen and oxygen atoms in total. The summed E-state index contributed by atoms with van der Waals surface area (Å²) in [6.45, 7) is 1.47. The number of carbonyl (C=O) groups excluding carboxylic acids is 1. The third-order valence-corrected chi connectivity index (χ3v) is 3.34. The summed E-state index contributed by atoms with van der Waals surface area (Å²) in [6, 6.07) is 15.1. The van der Waals surface area contributed by atoms with Gasteiger partial charge in [0.05, 0.1) is 24.5 Å². The molecular weight excluding hydrogens is 266 g/mol. The number of hydrogen-bond donors (Lipinski definition) is 2. The minimum atomic E-state index is -0.00217. The standard InChI is InChI=1S/C16H17N3O2/c17-12-4-3-5-13(10-12)21-9-8-19-11-16(20)18-14-6-1-2-7-15(14)19/h1-7,10H,8-9,11,17H2,(H,18,20). The predicted octanol–water partition coefficient (Wildman–Crippen LogP) is 2.11. The van der Waals surface area contributed by atoms with Crippen LogP contribution in [0, 0.1) is 0 Å². The molecule has 1 amide bonds. The fraction of sp³-hybridized carbons (Fsp3) is 0.188. The third kappa shape index (κ3) is 3.08. The molecule has 3 N–H and O–H groups in total. The monoisotopic (exact) mass is 283 g/mol. The number of ether oxygens (including phenoxy) is 1. The van der Waals surface area contributed by atoms with Crippen LogP contribution >= 0.6 is 0 Å². The minimum absolute atomic E-state index is 0.00217. The van der Waals surface area contributed by atoms with E-state index >= 15 is 0 Å². The normalized spacial score (nSPS) is 13.5. The van der Waals surface area contributed by atoms with Crippen molar-refractivity contribution in [3.8, 4) is 5.75 Å². The molecule has 2 aromatic carbocycles. The first-order chi connectivity index (χ1) is 10.2. The summed E-state index contributed by atoms with van der Waals surface area (Å²) in [6.07, 6.45) is 0. The first kappa shape index (κ1) is 13.3. The van der Waals surface area contributed by atoms with Gasteiger partial charge in [-0.25, -0.2) is 0 Å². The number of hydrogen-bond acceptors (Lipinski definition) is 4. The minimum Gasteiger partial charge on any atom is -0.492 e. The van der Waals surface area contributed by atoms with Crippen molar-refractivity contribution in [2.75, 3.05) is 35.6 Å². The van der Waals surface area contributed by atoms with Gasteiger partial charge in [-0.2, -0.15) is 0 Å². The summed E-state index contributed by atoms with van der Waals surface area (Å²) >= 11 is 0. The molecule has 1 aliphatic heterocycles. The zero-order chi connectivity index (χ0) is 14.7. The zero-order valence-corrected chi connectivity index (χ0v) is 11.6. The average molecular weight is 283 g/mol. The Hall–Kier alpha value is -2.69. The van der Waals surface area contributed by atoms with Crippen molar-refractivity contribution in [1.29, 1.82) is 0 Å². The number of amides is 1. The third-order valence-electron chi connectivity index (χ3n) is 3.34. The van der Waals surface area contributed by atoms with E-state index in [1.165, 1.54) is 0 Å². The summed E-state index contributed by atoms with van der Waals surface area (Å²) in [4.78, 5) is 13.7. The van der Waals surface area contributed by atoms with E-state index in [0.717, 1.165) is 17.1 Å². The summed E-state index contributed by atoms with van der Waals surface area (Å²) in [7, 11) is 0. The van der Waals surface area contributed by atoms with Crippen LogP contribution in [-0.2, 0) is 4.79 Å². The van der Waals surface area contributed by atoms with Crippen LogP contribution < -0.4 is 20.7 Å². The topological polar surface area (TPSA) is 67.6 Å². The van der Waals surface area contributed by atoms with Crippen LogP contribution in [0.3, 0.4) is 0 Å². The van der Waals surface area contributed by atoms with Crippen molar-refractivity contribution in [1.82, 2.24) is 0 Å². The Labute approximate surface area is 123 Å². The van der Waals surface area contributed by atoms with Crippen LogP contribution in [0.1, 0.15) is 0 Å². The Morgan fingerprint density at radius 2 is 2.05 bits per heavy atom. The number of carbonyl (C=O) groups is 1. The molecule has 1 heterocycles. The van der Waals surface area contributed by atoms with Crippen LogP contribution in [0.25, 0.3) is 0 Å². The van der Waals surface area contributed by atoms with Crippen molar-refractivity contribution < 1.29 is 9.53 Å². The van der Waals surface area contributed by atoms with Crippen molar-refractivity contribution in [2.45, 2.75) is 0 Å². The zero-order valence-electron chi connectivity index (χ0n) is 11.6. The van der Waals surface area contributed by atoms with Gasteiger partial charge in [0.2, 0.25) is 5.91 Å². The molecule has 0 radical (unpaired) electrons. The number of benzene rings is 2. The molecule has 3 rings (SSSR count). The Bertz CT molecular complexity index is 657. The first-order valence-electron chi connectivity index (χ1n) is 6.84. The molecule has 0 unspecified atom stereocenters. The molecule has 0 spiro atoms. The number of rotatable bonds is 4. The van der Waals surface area contributed by atoms with E-state index in [9.17, 15) is 4.79 Å². The Kier molecular flexibility index (Phi) is 3.64. The van der Waals surface area contributed by atoms with Gasteiger partial charge in [0.1, 0.15) is 12.4 Å². The maximum atomic E-state index is 11.7. The second-order valence-electron chi connectivity index (χ2n) is 4.91. The lowest BCUT2D eigenvalue weighted by atomic mass is 10.2. The molecule has 21 heavy (non-hydrogen) atoms. The number of anilines is 3. The van der Waals surface area contributed by atoms with Gasteiger partial charge in [0.15, 0.2) is 0 Å². The maximum absolute atomic E-state index is 11.7. The highest BCUT2D eigenvalue weighted by molar-refractivity contribution is 6.01. The van der Waals surface area contributed by atoms with Gasteiger partial charge in [-0.3, -0.25) is 4.79 Å². The molecule has 5 heteroatoms. The second-order valence-corrected chi connectivity index (χ2v) is 4.91. The highest BCUT2D eigenvalue weighted by atomic mass is 16.5. The van der Waals surface area contributed by atoms with E-state index in [-0.39, 0.29) is 5.91 Å². The Morgan fingerprint density at radius 3 is 2.90 bits per heavy atom. The number of nitrogens with two attached hydrogens (primary N) is 1. The van der Waals surface area contributed by atoms with Gasteiger partial charge in [-0.1, -0.05) is 18.2 Å². The number of nitrogens with zero attached hydrogens (tertiary/aromatic N) is 1. The van der Waals surface area contributed by atoms with Crippen LogP contribution in [0.4, 0.5) is 17.1 Å². The largest absolute Gasteiger partial charge is 0.492 e. The summed E-state index contributed by atoms with van der Waals surface area (Å²) in [5.41, 5.74) is 8.25. The quantitative estimate of drug-likeness (QED) is 0.843. The highest BCUT2D eigenvalue weighted by Crippen LogP contribution is 2.28. The molecule has 0 saturated heterocycles. The SMILES string of the molecule is Nc1cccc(OCCN2CC(=O)Nc3ccccc32)c1. The second kappa shape index (κ2) is 5.75. The maximum Gasteiger partial charge on any atom is 0.243 e. The lowest BCUT2D eigenvalue weighted by Crippen LogP contribution is -2.40. The molecular formula is C16H17N3O2. The summed E-state index contributed by atoms with van der Waals surface area (Å²) < 4.78 is 5.69. The molecule has 108 valence electrons. The van der Waals surface area contributed by atoms with Crippen molar-refractivity contribution >= 4 is 23.0 Å². The van der Waals surface area contributed by atoms with Crippen LogP contribution in [0.5, 0.6) is 5.75 Å². The fourth-order valence-corrected chi connectivity index (χ4v) is 2.38. The summed E-state index contributed by atoms with van der Waals surface area (Å²) in [5.74, 6) is 0.738. The molecule has 2 aromatic rings. The van der Waals surface area contributed by atoms with Gasteiger partial charge < -0.3 is 20.7 Å². The van der Waals surface area contributed by atoms with Crippen molar-refractivity contribution in [2.24, 2.45) is 0 Å². The molecule has 0 bridgehead atoms. The van der Waals surface area contributed by atoms with Gasteiger partial charge in [-0.15, -0.1) is 0 Å². The average Bonchev–Trinajstić information content (AvgIpc) is 2.47. The van der Waals surface area contributed by atoms with E-state index in [0.29, 0.717) is 25.4 Å². The van der Waals surface area contributed by atoms with E-state index in [2.05, 4.69) is 5.32 Å². The number of nitrogen functional groups attached to an aromatic ring is 1. The first-order valence-corrected chi connectivity index (χ1v) is 6.84. The van der Waals surface area contributed by atoms with Crippen LogP contribution in [0.2, 0.25) is 0 Å². The molecule has 0 fully saturated rings. The van der Waals surface area contributed by atoms with Gasteiger partial charge in [0.25, 0.3) is 0 Å². The lowest BCUT2D eigenvalue weighted by Gasteiger charge is -2.30. The summed E-state index contributed by atoms with van der Waals surface area (Å²) in [5, 5.41) is 2.87.